The van der Waals surface area contributed by atoms with Crippen LogP contribution in [0.4, 0.5) is 4.39 Å². The van der Waals surface area contributed by atoms with Gasteiger partial charge in [0.15, 0.2) is 5.75 Å². The van der Waals surface area contributed by atoms with Gasteiger partial charge in [-0.2, -0.15) is 0 Å². The summed E-state index contributed by atoms with van der Waals surface area (Å²) in [4.78, 5) is 11.3. The lowest BCUT2D eigenvalue weighted by molar-refractivity contribution is -0.142. The molecule has 1 aromatic rings. The lowest BCUT2D eigenvalue weighted by Gasteiger charge is -2.10. The molecule has 0 spiro atoms. The van der Waals surface area contributed by atoms with Gasteiger partial charge in [-0.3, -0.25) is 4.79 Å². The van der Waals surface area contributed by atoms with Crippen molar-refractivity contribution in [2.75, 3.05) is 19.9 Å². The second kappa shape index (κ2) is 7.59. The van der Waals surface area contributed by atoms with Crippen LogP contribution >= 0.6 is 27.5 Å². The van der Waals surface area contributed by atoms with Crippen LogP contribution in [0, 0.1) is 0 Å². The molecule has 0 radical (unpaired) electrons. The van der Waals surface area contributed by atoms with Crippen LogP contribution < -0.4 is 4.74 Å². The van der Waals surface area contributed by atoms with E-state index < -0.39 is 6.67 Å². The summed E-state index contributed by atoms with van der Waals surface area (Å²) in [6, 6.07) is 3.31. The largest absolute Gasteiger partial charge is 0.488 e. The SMILES string of the molecule is CCOC(=O)Cc1cc(Cl)c(OCCF)c(Br)c1. The van der Waals surface area contributed by atoms with Crippen molar-refractivity contribution < 1.29 is 18.7 Å². The fourth-order valence-corrected chi connectivity index (χ4v) is 2.40. The molecule has 0 aliphatic carbocycles. The summed E-state index contributed by atoms with van der Waals surface area (Å²) in [5.41, 5.74) is 0.706. The van der Waals surface area contributed by atoms with E-state index in [-0.39, 0.29) is 19.0 Å². The van der Waals surface area contributed by atoms with E-state index in [1.54, 1.807) is 19.1 Å². The average molecular weight is 340 g/mol. The van der Waals surface area contributed by atoms with Gasteiger partial charge in [0.1, 0.15) is 13.3 Å². The van der Waals surface area contributed by atoms with Crippen molar-refractivity contribution in [3.8, 4) is 5.75 Å². The standard InChI is InChI=1S/C12H13BrClFO3/c1-2-17-11(16)7-8-5-9(13)12(10(14)6-8)18-4-3-15/h5-6H,2-4,7H2,1H3. The summed E-state index contributed by atoms with van der Waals surface area (Å²) >= 11 is 9.27. The van der Waals surface area contributed by atoms with E-state index in [1.807, 2.05) is 0 Å². The quantitative estimate of drug-likeness (QED) is 0.744. The Morgan fingerprint density at radius 1 is 1.50 bits per heavy atom. The minimum absolute atomic E-state index is 0.0600. The molecule has 0 fully saturated rings. The van der Waals surface area contributed by atoms with Crippen molar-refractivity contribution in [1.29, 1.82) is 0 Å². The Morgan fingerprint density at radius 2 is 2.22 bits per heavy atom. The first-order valence-corrected chi connectivity index (χ1v) is 6.57. The maximum absolute atomic E-state index is 12.0. The lowest BCUT2D eigenvalue weighted by atomic mass is 10.1. The molecule has 0 saturated carbocycles. The molecule has 0 aliphatic heterocycles. The van der Waals surface area contributed by atoms with Gasteiger partial charge in [0, 0.05) is 0 Å². The maximum Gasteiger partial charge on any atom is 0.310 e. The highest BCUT2D eigenvalue weighted by molar-refractivity contribution is 9.10. The van der Waals surface area contributed by atoms with E-state index in [2.05, 4.69) is 15.9 Å². The van der Waals surface area contributed by atoms with Gasteiger partial charge in [-0.1, -0.05) is 11.6 Å². The molecule has 0 N–H and O–H groups in total. The van der Waals surface area contributed by atoms with Gasteiger partial charge in [0.05, 0.1) is 22.5 Å². The van der Waals surface area contributed by atoms with E-state index in [0.717, 1.165) is 0 Å². The van der Waals surface area contributed by atoms with Crippen molar-refractivity contribution in [1.82, 2.24) is 0 Å². The fraction of sp³-hybridized carbons (Fsp3) is 0.417. The van der Waals surface area contributed by atoms with Gasteiger partial charge in [-0.25, -0.2) is 4.39 Å². The summed E-state index contributed by atoms with van der Waals surface area (Å²) in [7, 11) is 0. The van der Waals surface area contributed by atoms with Crippen LogP contribution in [-0.2, 0) is 16.0 Å². The number of benzene rings is 1. The predicted molar refractivity (Wildman–Crippen MR) is 71.0 cm³/mol. The van der Waals surface area contributed by atoms with E-state index in [0.29, 0.717) is 27.4 Å². The van der Waals surface area contributed by atoms with E-state index in [9.17, 15) is 9.18 Å². The molecule has 18 heavy (non-hydrogen) atoms. The highest BCUT2D eigenvalue weighted by Gasteiger charge is 2.12. The minimum Gasteiger partial charge on any atom is -0.488 e. The Morgan fingerprint density at radius 3 is 2.78 bits per heavy atom. The second-order valence-electron chi connectivity index (χ2n) is 3.41. The van der Waals surface area contributed by atoms with E-state index in [1.165, 1.54) is 0 Å². The summed E-state index contributed by atoms with van der Waals surface area (Å²) in [5, 5.41) is 0.331. The number of halogens is 3. The van der Waals surface area contributed by atoms with Crippen LogP contribution in [0.15, 0.2) is 16.6 Å². The molecular weight excluding hydrogens is 326 g/mol. The van der Waals surface area contributed by atoms with Gasteiger partial charge in [0.25, 0.3) is 0 Å². The summed E-state index contributed by atoms with van der Waals surface area (Å²) in [6.45, 7) is 1.43. The second-order valence-corrected chi connectivity index (χ2v) is 4.67. The number of hydrogen-bond donors (Lipinski definition) is 0. The third-order valence-electron chi connectivity index (χ3n) is 2.04. The van der Waals surface area contributed by atoms with Gasteiger partial charge in [-0.05, 0) is 40.5 Å². The zero-order chi connectivity index (χ0) is 13.5. The summed E-state index contributed by atoms with van der Waals surface area (Å²) in [6.07, 6.45) is 0.134. The third kappa shape index (κ3) is 4.46. The van der Waals surface area contributed by atoms with Gasteiger partial charge < -0.3 is 9.47 Å². The molecule has 0 amide bonds. The molecule has 0 unspecified atom stereocenters. The van der Waals surface area contributed by atoms with Crippen molar-refractivity contribution in [3.63, 3.8) is 0 Å². The number of alkyl halides is 1. The minimum atomic E-state index is -0.590. The first-order valence-electron chi connectivity index (χ1n) is 5.40. The van der Waals surface area contributed by atoms with Crippen molar-refractivity contribution in [2.45, 2.75) is 13.3 Å². The summed E-state index contributed by atoms with van der Waals surface area (Å²) < 4.78 is 22.6. The molecule has 6 heteroatoms. The number of carbonyl (C=O) groups is 1. The number of ether oxygens (including phenoxy) is 2. The number of esters is 1. The Labute approximate surface area is 118 Å². The van der Waals surface area contributed by atoms with Crippen LogP contribution in [0.5, 0.6) is 5.75 Å². The average Bonchev–Trinajstić information content (AvgIpc) is 2.28. The molecule has 1 rings (SSSR count). The van der Waals surface area contributed by atoms with E-state index in [4.69, 9.17) is 21.1 Å². The maximum atomic E-state index is 12.0. The van der Waals surface area contributed by atoms with Crippen molar-refractivity contribution in [2.24, 2.45) is 0 Å². The number of rotatable bonds is 6. The molecule has 0 saturated heterocycles. The van der Waals surface area contributed by atoms with E-state index >= 15 is 0 Å². The smallest absolute Gasteiger partial charge is 0.310 e. The summed E-state index contributed by atoms with van der Waals surface area (Å²) in [5.74, 6) is 0.0554. The Kier molecular flexibility index (Phi) is 6.43. The monoisotopic (exact) mass is 338 g/mol. The Balaban J connectivity index is 2.82. The van der Waals surface area contributed by atoms with Gasteiger partial charge in [-0.15, -0.1) is 0 Å². The van der Waals surface area contributed by atoms with Crippen LogP contribution in [0.1, 0.15) is 12.5 Å². The van der Waals surface area contributed by atoms with Gasteiger partial charge in [0.2, 0.25) is 0 Å². The van der Waals surface area contributed by atoms with Crippen LogP contribution in [0.25, 0.3) is 0 Å². The molecule has 3 nitrogen and oxygen atoms in total. The fourth-order valence-electron chi connectivity index (χ4n) is 1.37. The van der Waals surface area contributed by atoms with Gasteiger partial charge >= 0.3 is 5.97 Å². The molecule has 0 aliphatic rings. The van der Waals surface area contributed by atoms with Crippen LogP contribution in [0.2, 0.25) is 5.02 Å². The van der Waals surface area contributed by atoms with Crippen molar-refractivity contribution in [3.05, 3.63) is 27.2 Å². The predicted octanol–water partition coefficient (Wildman–Crippen LogP) is 3.56. The number of carbonyl (C=O) groups excluding carboxylic acids is 1. The highest BCUT2D eigenvalue weighted by Crippen LogP contribution is 2.34. The molecule has 1 aromatic carbocycles. The third-order valence-corrected chi connectivity index (χ3v) is 2.91. The lowest BCUT2D eigenvalue weighted by Crippen LogP contribution is -2.08. The van der Waals surface area contributed by atoms with Crippen LogP contribution in [0.3, 0.4) is 0 Å². The molecule has 100 valence electrons. The first-order chi connectivity index (χ1) is 8.58. The topological polar surface area (TPSA) is 35.5 Å². The molecular formula is C12H13BrClFO3. The molecule has 0 aromatic heterocycles. The molecule has 0 bridgehead atoms. The molecule has 0 heterocycles. The Hall–Kier alpha value is -0.810. The number of hydrogen-bond acceptors (Lipinski definition) is 3. The first kappa shape index (κ1) is 15.2. The normalized spacial score (nSPS) is 10.2. The molecule has 0 atom stereocenters. The highest BCUT2D eigenvalue weighted by atomic mass is 79.9. The van der Waals surface area contributed by atoms with Crippen LogP contribution in [-0.4, -0.2) is 25.9 Å². The Bertz CT molecular complexity index is 403. The zero-order valence-electron chi connectivity index (χ0n) is 9.84. The van der Waals surface area contributed by atoms with Crippen molar-refractivity contribution >= 4 is 33.5 Å². The zero-order valence-corrected chi connectivity index (χ0v) is 12.2.